The second kappa shape index (κ2) is 9.46. The van der Waals surface area contributed by atoms with Gasteiger partial charge in [0.25, 0.3) is 0 Å². The molecule has 0 radical (unpaired) electrons. The van der Waals surface area contributed by atoms with Crippen molar-refractivity contribution in [3.05, 3.63) is 70.7 Å². The fourth-order valence-electron chi connectivity index (χ4n) is 4.09. The Morgan fingerprint density at radius 2 is 1.76 bits per heavy atom. The van der Waals surface area contributed by atoms with E-state index < -0.39 is 23.8 Å². The molecule has 34 heavy (non-hydrogen) atoms. The number of carbonyl (C=O) groups excluding carboxylic acids is 2. The molecule has 176 valence electrons. The summed E-state index contributed by atoms with van der Waals surface area (Å²) in [5, 5.41) is 20.7. The van der Waals surface area contributed by atoms with Crippen LogP contribution in [-0.2, 0) is 16.0 Å². The zero-order chi connectivity index (χ0) is 24.4. The molecule has 4 rings (SSSR count). The summed E-state index contributed by atoms with van der Waals surface area (Å²) in [5.41, 5.74) is 0.964. The SMILES string of the molecule is CC(=O)N1CCC(OC(=O)c2cc(C(=O)O)c3cc(Cc4ccc(F)cc4)cnc3c2O)CC1. The number of aromatic carboxylic acids is 1. The van der Waals surface area contributed by atoms with E-state index in [0.29, 0.717) is 37.9 Å². The number of halogens is 1. The van der Waals surface area contributed by atoms with E-state index >= 15 is 0 Å². The summed E-state index contributed by atoms with van der Waals surface area (Å²) in [6, 6.07) is 8.59. The van der Waals surface area contributed by atoms with E-state index in [-0.39, 0.29) is 33.8 Å². The first-order valence-corrected chi connectivity index (χ1v) is 10.8. The molecule has 2 N–H and O–H groups in total. The lowest BCUT2D eigenvalue weighted by molar-refractivity contribution is -0.130. The molecule has 1 amide bonds. The van der Waals surface area contributed by atoms with Gasteiger partial charge in [0, 0.05) is 44.4 Å². The van der Waals surface area contributed by atoms with Crippen LogP contribution in [0.2, 0.25) is 0 Å². The van der Waals surface area contributed by atoms with Crippen molar-refractivity contribution in [1.29, 1.82) is 0 Å². The highest BCUT2D eigenvalue weighted by Gasteiger charge is 2.27. The van der Waals surface area contributed by atoms with Gasteiger partial charge in [-0.2, -0.15) is 0 Å². The molecule has 1 aliphatic heterocycles. The van der Waals surface area contributed by atoms with E-state index in [1.165, 1.54) is 25.3 Å². The van der Waals surface area contributed by atoms with Gasteiger partial charge in [-0.05, 0) is 41.8 Å². The highest BCUT2D eigenvalue weighted by molar-refractivity contribution is 6.09. The average Bonchev–Trinajstić information content (AvgIpc) is 2.81. The number of piperidine rings is 1. The predicted molar refractivity (Wildman–Crippen MR) is 120 cm³/mol. The lowest BCUT2D eigenvalue weighted by Crippen LogP contribution is -2.40. The number of hydrogen-bond acceptors (Lipinski definition) is 6. The molecule has 3 aromatic rings. The number of rotatable bonds is 5. The molecule has 0 saturated carbocycles. The second-order valence-corrected chi connectivity index (χ2v) is 8.28. The number of aromatic hydroxyl groups is 1. The molecule has 8 nitrogen and oxygen atoms in total. The molecule has 0 bridgehead atoms. The third-order valence-corrected chi connectivity index (χ3v) is 5.94. The van der Waals surface area contributed by atoms with Crippen LogP contribution in [0.3, 0.4) is 0 Å². The molecule has 1 fully saturated rings. The summed E-state index contributed by atoms with van der Waals surface area (Å²) >= 11 is 0. The van der Waals surface area contributed by atoms with Gasteiger partial charge in [0.1, 0.15) is 23.0 Å². The van der Waals surface area contributed by atoms with Gasteiger partial charge in [0.2, 0.25) is 5.91 Å². The van der Waals surface area contributed by atoms with E-state index in [1.807, 2.05) is 0 Å². The minimum Gasteiger partial charge on any atom is -0.505 e. The van der Waals surface area contributed by atoms with Crippen molar-refractivity contribution >= 4 is 28.7 Å². The zero-order valence-electron chi connectivity index (χ0n) is 18.5. The molecule has 0 spiro atoms. The lowest BCUT2D eigenvalue weighted by atomic mass is 9.99. The first-order chi connectivity index (χ1) is 16.2. The van der Waals surface area contributed by atoms with Crippen molar-refractivity contribution in [2.24, 2.45) is 0 Å². The number of amides is 1. The van der Waals surface area contributed by atoms with E-state index in [1.54, 1.807) is 23.1 Å². The fourth-order valence-corrected chi connectivity index (χ4v) is 4.09. The van der Waals surface area contributed by atoms with Gasteiger partial charge in [-0.25, -0.2) is 14.0 Å². The number of phenols is 1. The third-order valence-electron chi connectivity index (χ3n) is 5.94. The Morgan fingerprint density at radius 3 is 2.38 bits per heavy atom. The molecule has 0 unspecified atom stereocenters. The Morgan fingerprint density at radius 1 is 1.09 bits per heavy atom. The van der Waals surface area contributed by atoms with Gasteiger partial charge >= 0.3 is 11.9 Å². The van der Waals surface area contributed by atoms with Crippen molar-refractivity contribution in [2.75, 3.05) is 13.1 Å². The quantitative estimate of drug-likeness (QED) is 0.553. The molecular formula is C25H23FN2O6. The fraction of sp³-hybridized carbons (Fsp3) is 0.280. The van der Waals surface area contributed by atoms with E-state index in [0.717, 1.165) is 11.6 Å². The smallest absolute Gasteiger partial charge is 0.342 e. The first kappa shape index (κ1) is 23.2. The van der Waals surface area contributed by atoms with Gasteiger partial charge < -0.3 is 19.8 Å². The number of carboxylic acids is 1. The van der Waals surface area contributed by atoms with Crippen molar-refractivity contribution in [1.82, 2.24) is 9.88 Å². The van der Waals surface area contributed by atoms with Crippen LogP contribution in [0.5, 0.6) is 5.75 Å². The number of pyridine rings is 1. The Bertz CT molecular complexity index is 1270. The van der Waals surface area contributed by atoms with E-state index in [9.17, 15) is 29.0 Å². The summed E-state index contributed by atoms with van der Waals surface area (Å²) < 4.78 is 18.7. The number of benzene rings is 2. The Kier molecular flexibility index (Phi) is 6.45. The molecule has 1 saturated heterocycles. The van der Waals surface area contributed by atoms with Gasteiger partial charge in [0.05, 0.1) is 5.56 Å². The van der Waals surface area contributed by atoms with Crippen molar-refractivity contribution < 1.29 is 33.7 Å². The molecule has 1 aliphatic rings. The number of fused-ring (bicyclic) bond motifs is 1. The second-order valence-electron chi connectivity index (χ2n) is 8.28. The van der Waals surface area contributed by atoms with Gasteiger partial charge in [-0.3, -0.25) is 9.78 Å². The number of phenolic OH excluding ortho intramolecular Hbond substituents is 1. The first-order valence-electron chi connectivity index (χ1n) is 10.8. The maximum absolute atomic E-state index is 13.2. The molecule has 2 aromatic carbocycles. The lowest BCUT2D eigenvalue weighted by Gasteiger charge is -2.31. The molecule has 1 aromatic heterocycles. The van der Waals surface area contributed by atoms with Crippen LogP contribution in [0.15, 0.2) is 42.6 Å². The van der Waals surface area contributed by atoms with Gasteiger partial charge in [-0.1, -0.05) is 12.1 Å². The van der Waals surface area contributed by atoms with Crippen molar-refractivity contribution in [3.63, 3.8) is 0 Å². The van der Waals surface area contributed by atoms with Crippen LogP contribution in [0, 0.1) is 5.82 Å². The summed E-state index contributed by atoms with van der Waals surface area (Å²) in [5.74, 6) is -3.00. The topological polar surface area (TPSA) is 117 Å². The highest BCUT2D eigenvalue weighted by atomic mass is 19.1. The zero-order valence-corrected chi connectivity index (χ0v) is 18.5. The number of carbonyl (C=O) groups is 3. The largest absolute Gasteiger partial charge is 0.505 e. The number of aromatic nitrogens is 1. The van der Waals surface area contributed by atoms with Crippen LogP contribution >= 0.6 is 0 Å². The summed E-state index contributed by atoms with van der Waals surface area (Å²) in [6.45, 7) is 2.39. The van der Waals surface area contributed by atoms with E-state index in [2.05, 4.69) is 4.98 Å². The standard InChI is InChI=1S/C25H23FN2O6/c1-14(29)28-8-6-18(7-9-28)34-25(33)21-12-20(24(31)32)19-11-16(13-27-22(19)23(21)30)10-15-2-4-17(26)5-3-15/h2-5,11-13,18,30H,6-10H2,1H3,(H,31,32). The number of carboxylic acid groups (broad SMARTS) is 1. The number of ether oxygens (including phenoxy) is 1. The number of likely N-dealkylation sites (tertiary alicyclic amines) is 1. The summed E-state index contributed by atoms with van der Waals surface area (Å²) in [7, 11) is 0. The minimum absolute atomic E-state index is 0.0268. The Hall–Kier alpha value is -4.01. The highest BCUT2D eigenvalue weighted by Crippen LogP contribution is 2.32. The monoisotopic (exact) mass is 466 g/mol. The van der Waals surface area contributed by atoms with Crippen LogP contribution in [-0.4, -0.2) is 57.1 Å². The molecule has 9 heteroatoms. The summed E-state index contributed by atoms with van der Waals surface area (Å²) in [6.07, 6.45) is 2.32. The van der Waals surface area contributed by atoms with E-state index in [4.69, 9.17) is 4.74 Å². The Labute approximate surface area is 194 Å². The molecule has 0 aliphatic carbocycles. The normalized spacial score (nSPS) is 14.2. The number of hydrogen-bond donors (Lipinski definition) is 2. The van der Waals surface area contributed by atoms with Crippen molar-refractivity contribution in [3.8, 4) is 5.75 Å². The predicted octanol–water partition coefficient (Wildman–Crippen LogP) is 3.54. The Balaban J connectivity index is 1.61. The number of esters is 1. The average molecular weight is 466 g/mol. The van der Waals surface area contributed by atoms with Crippen LogP contribution in [0.1, 0.15) is 51.6 Å². The molecule has 0 atom stereocenters. The van der Waals surface area contributed by atoms with Crippen LogP contribution in [0.4, 0.5) is 4.39 Å². The minimum atomic E-state index is -1.28. The summed E-state index contributed by atoms with van der Waals surface area (Å²) in [4.78, 5) is 42.1. The maximum Gasteiger partial charge on any atom is 0.342 e. The van der Waals surface area contributed by atoms with Crippen molar-refractivity contribution in [2.45, 2.75) is 32.3 Å². The molecular weight excluding hydrogens is 443 g/mol. The van der Waals surface area contributed by atoms with Gasteiger partial charge in [-0.15, -0.1) is 0 Å². The van der Waals surface area contributed by atoms with Gasteiger partial charge in [0.15, 0.2) is 5.75 Å². The van der Waals surface area contributed by atoms with Crippen LogP contribution < -0.4 is 0 Å². The van der Waals surface area contributed by atoms with Crippen LogP contribution in [0.25, 0.3) is 10.9 Å². The third kappa shape index (κ3) is 4.83. The maximum atomic E-state index is 13.2. The number of nitrogens with zero attached hydrogens (tertiary/aromatic N) is 2. The molecule has 2 heterocycles.